The number of halogens is 1. The van der Waals surface area contributed by atoms with E-state index in [1.165, 1.54) is 4.90 Å². The van der Waals surface area contributed by atoms with Crippen LogP contribution in [-0.2, 0) is 0 Å². The van der Waals surface area contributed by atoms with Crippen molar-refractivity contribution in [1.29, 1.82) is 0 Å². The summed E-state index contributed by atoms with van der Waals surface area (Å²) in [6, 6.07) is 7.00. The second-order valence-electron chi connectivity index (χ2n) is 6.34. The molecule has 6 nitrogen and oxygen atoms in total. The Balaban J connectivity index is 0.00000364. The number of carbonyl (C=O) groups is 2. The lowest BCUT2D eigenvalue weighted by Crippen LogP contribution is -2.40. The Morgan fingerprint density at radius 2 is 1.81 bits per heavy atom. The van der Waals surface area contributed by atoms with Crippen molar-refractivity contribution < 1.29 is 9.59 Å². The number of imide groups is 1. The van der Waals surface area contributed by atoms with Crippen molar-refractivity contribution >= 4 is 41.8 Å². The number of benzene rings is 1. The smallest absolute Gasteiger partial charge is 0.261 e. The molecule has 1 aliphatic rings. The van der Waals surface area contributed by atoms with Crippen molar-refractivity contribution in [1.82, 2.24) is 15.1 Å². The predicted molar refractivity (Wildman–Crippen MR) is 120 cm³/mol. The van der Waals surface area contributed by atoms with E-state index in [2.05, 4.69) is 21.8 Å². The number of nitrogens with zero attached hydrogens (tertiary/aromatic N) is 3. The lowest BCUT2D eigenvalue weighted by Gasteiger charge is -2.22. The molecule has 0 saturated heterocycles. The first-order valence-corrected chi connectivity index (χ1v) is 9.08. The predicted octanol–water partition coefficient (Wildman–Crippen LogP) is 3.15. The molecule has 0 aromatic heterocycles. The van der Waals surface area contributed by atoms with E-state index in [0.29, 0.717) is 17.7 Å². The van der Waals surface area contributed by atoms with Gasteiger partial charge in [0, 0.05) is 33.7 Å². The summed E-state index contributed by atoms with van der Waals surface area (Å²) in [5, 5.41) is 3.32. The minimum absolute atomic E-state index is 0. The van der Waals surface area contributed by atoms with Crippen molar-refractivity contribution in [3.8, 4) is 0 Å². The largest absolute Gasteiger partial charge is 0.356 e. The molecule has 0 radical (unpaired) electrons. The standard InChI is InChI=1S/C20H28N4O2.HI/c1-4-5-9-14-23(3)20(21-2)22-13-8-10-15-24-18(25)16-11-6-7-12-17(16)19(24)26;/h4,6-7,11-12H,1,5,8-10,13-15H2,2-3H3,(H,21,22);1H. The van der Waals surface area contributed by atoms with E-state index in [4.69, 9.17) is 0 Å². The fourth-order valence-corrected chi connectivity index (χ4v) is 3.00. The molecule has 1 aromatic rings. The summed E-state index contributed by atoms with van der Waals surface area (Å²) >= 11 is 0. The van der Waals surface area contributed by atoms with Gasteiger partial charge in [-0.1, -0.05) is 18.2 Å². The summed E-state index contributed by atoms with van der Waals surface area (Å²) in [4.78, 5) is 32.3. The third-order valence-electron chi connectivity index (χ3n) is 4.44. The van der Waals surface area contributed by atoms with Crippen LogP contribution in [0.15, 0.2) is 41.9 Å². The Bertz CT molecular complexity index is 655. The molecule has 1 aromatic carbocycles. The van der Waals surface area contributed by atoms with Crippen LogP contribution in [0.4, 0.5) is 0 Å². The Labute approximate surface area is 178 Å². The van der Waals surface area contributed by atoms with E-state index in [-0.39, 0.29) is 35.8 Å². The highest BCUT2D eigenvalue weighted by atomic mass is 127. The normalized spacial score (nSPS) is 13.3. The van der Waals surface area contributed by atoms with Crippen LogP contribution in [0.25, 0.3) is 0 Å². The number of nitrogens with one attached hydrogen (secondary N) is 1. The number of hydrogen-bond acceptors (Lipinski definition) is 3. The Morgan fingerprint density at radius 1 is 1.19 bits per heavy atom. The second kappa shape index (κ2) is 11.7. The van der Waals surface area contributed by atoms with Crippen LogP contribution in [0.1, 0.15) is 46.4 Å². The number of unbranched alkanes of at least 4 members (excludes halogenated alkanes) is 2. The average molecular weight is 484 g/mol. The van der Waals surface area contributed by atoms with E-state index in [1.807, 2.05) is 13.1 Å². The average Bonchev–Trinajstić information content (AvgIpc) is 2.89. The third-order valence-corrected chi connectivity index (χ3v) is 4.44. The van der Waals surface area contributed by atoms with E-state index in [1.54, 1.807) is 31.3 Å². The molecule has 0 unspecified atom stereocenters. The summed E-state index contributed by atoms with van der Waals surface area (Å²) in [5.41, 5.74) is 1.02. The van der Waals surface area contributed by atoms with Crippen LogP contribution in [0.3, 0.4) is 0 Å². The van der Waals surface area contributed by atoms with E-state index >= 15 is 0 Å². The fourth-order valence-electron chi connectivity index (χ4n) is 3.00. The van der Waals surface area contributed by atoms with Gasteiger partial charge in [0.2, 0.25) is 0 Å². The van der Waals surface area contributed by atoms with Crippen molar-refractivity contribution in [2.75, 3.05) is 33.7 Å². The summed E-state index contributed by atoms with van der Waals surface area (Å²) in [7, 11) is 3.78. The molecule has 0 spiro atoms. The number of rotatable bonds is 9. The van der Waals surface area contributed by atoms with Gasteiger partial charge in [-0.05, 0) is 37.8 Å². The minimum Gasteiger partial charge on any atom is -0.356 e. The van der Waals surface area contributed by atoms with Crippen LogP contribution < -0.4 is 5.32 Å². The Hall–Kier alpha value is -1.90. The van der Waals surface area contributed by atoms with Gasteiger partial charge in [0.15, 0.2) is 5.96 Å². The molecular formula is C20H29IN4O2. The number of hydrogen-bond donors (Lipinski definition) is 1. The number of aliphatic imine (C=N–C) groups is 1. The molecule has 0 atom stereocenters. The molecule has 2 amide bonds. The van der Waals surface area contributed by atoms with Gasteiger partial charge in [-0.15, -0.1) is 30.6 Å². The van der Waals surface area contributed by atoms with Gasteiger partial charge in [-0.25, -0.2) is 0 Å². The molecule has 1 N–H and O–H groups in total. The van der Waals surface area contributed by atoms with Crippen molar-refractivity contribution in [2.24, 2.45) is 4.99 Å². The zero-order valence-corrected chi connectivity index (χ0v) is 18.4. The molecule has 0 bridgehead atoms. The van der Waals surface area contributed by atoms with Gasteiger partial charge in [-0.2, -0.15) is 0 Å². The first kappa shape index (κ1) is 23.1. The lowest BCUT2D eigenvalue weighted by molar-refractivity contribution is 0.0652. The first-order chi connectivity index (χ1) is 12.6. The van der Waals surface area contributed by atoms with Gasteiger partial charge in [0.25, 0.3) is 11.8 Å². The number of fused-ring (bicyclic) bond motifs is 1. The number of amides is 2. The van der Waals surface area contributed by atoms with Crippen LogP contribution in [0.2, 0.25) is 0 Å². The topological polar surface area (TPSA) is 65.0 Å². The van der Waals surface area contributed by atoms with Crippen molar-refractivity contribution in [3.05, 3.63) is 48.0 Å². The molecule has 0 aliphatic carbocycles. The van der Waals surface area contributed by atoms with E-state index < -0.39 is 0 Å². The van der Waals surface area contributed by atoms with Crippen LogP contribution in [0, 0.1) is 0 Å². The maximum absolute atomic E-state index is 12.3. The number of allylic oxidation sites excluding steroid dienone is 1. The van der Waals surface area contributed by atoms with Gasteiger partial charge in [0.05, 0.1) is 11.1 Å². The SMILES string of the molecule is C=CCCCN(C)C(=NC)NCCCCN1C(=O)c2ccccc2C1=O.I. The van der Waals surface area contributed by atoms with Gasteiger partial charge < -0.3 is 10.2 Å². The number of carbonyl (C=O) groups excluding carboxylic acids is 2. The van der Waals surface area contributed by atoms with Crippen molar-refractivity contribution in [3.63, 3.8) is 0 Å². The minimum atomic E-state index is -0.184. The van der Waals surface area contributed by atoms with Crippen LogP contribution >= 0.6 is 24.0 Å². The molecule has 0 fully saturated rings. The summed E-state index contributed by atoms with van der Waals surface area (Å²) in [5.74, 6) is 0.488. The van der Waals surface area contributed by atoms with Gasteiger partial charge in [-0.3, -0.25) is 19.5 Å². The molecule has 2 rings (SSSR count). The van der Waals surface area contributed by atoms with Crippen LogP contribution in [-0.4, -0.2) is 61.3 Å². The molecular weight excluding hydrogens is 455 g/mol. The maximum atomic E-state index is 12.3. The second-order valence-corrected chi connectivity index (χ2v) is 6.34. The Morgan fingerprint density at radius 3 is 2.37 bits per heavy atom. The molecule has 1 heterocycles. The molecule has 0 saturated carbocycles. The molecule has 7 heteroatoms. The van der Waals surface area contributed by atoms with Crippen LogP contribution in [0.5, 0.6) is 0 Å². The number of guanidine groups is 1. The van der Waals surface area contributed by atoms with Gasteiger partial charge in [0.1, 0.15) is 0 Å². The van der Waals surface area contributed by atoms with Crippen molar-refractivity contribution in [2.45, 2.75) is 25.7 Å². The van der Waals surface area contributed by atoms with Gasteiger partial charge >= 0.3 is 0 Å². The molecule has 27 heavy (non-hydrogen) atoms. The highest BCUT2D eigenvalue weighted by Gasteiger charge is 2.34. The zero-order valence-electron chi connectivity index (χ0n) is 16.1. The Kier molecular flexibility index (Phi) is 10.1. The van der Waals surface area contributed by atoms with E-state index in [9.17, 15) is 9.59 Å². The zero-order chi connectivity index (χ0) is 18.9. The fraction of sp³-hybridized carbons (Fsp3) is 0.450. The summed E-state index contributed by atoms with van der Waals surface area (Å²) < 4.78 is 0. The summed E-state index contributed by atoms with van der Waals surface area (Å²) in [6.45, 7) is 5.85. The summed E-state index contributed by atoms with van der Waals surface area (Å²) in [6.07, 6.45) is 5.56. The monoisotopic (exact) mass is 484 g/mol. The third kappa shape index (κ3) is 6.05. The first-order valence-electron chi connectivity index (χ1n) is 9.08. The molecule has 148 valence electrons. The molecule has 1 aliphatic heterocycles. The highest BCUT2D eigenvalue weighted by molar-refractivity contribution is 14.0. The van der Waals surface area contributed by atoms with E-state index in [0.717, 1.165) is 44.7 Å². The maximum Gasteiger partial charge on any atom is 0.261 e. The highest BCUT2D eigenvalue weighted by Crippen LogP contribution is 2.22. The lowest BCUT2D eigenvalue weighted by atomic mass is 10.1. The quantitative estimate of drug-likeness (QED) is 0.146.